The topological polar surface area (TPSA) is 269 Å². The van der Waals surface area contributed by atoms with Gasteiger partial charge in [-0.3, -0.25) is 0 Å². The SMILES string of the molecule is COc1cc(-c2[o+]c3cc(O)cc(O)c3cc2OC2O[C@@](C)(OC3O[C@H](CO)[C@@H](O)[C@H](O)[C@H]3O)[C@@H](O)[C@H](O)[C@@H]2O)cc(OC)c1O. The standard InChI is InChI=1S/C29H34O17/c1-29(45-27-23(37)21(35)20(34)18(9-30)44-27)26(39)22(36)24(38)28(46-29)43-17-8-12-13(32)6-11(31)7-14(12)42-25(17)10-4-15(40-2)19(33)16(5-10)41-3/h4-8,18,20-24,26-28,30,34-39H,9H2,1-3H3,(H2-,31,32,33)/p+1/t18-,20-,21+,22-,23-,24+,26+,27?,28?,29-/m1/s1. The predicted molar refractivity (Wildman–Crippen MR) is 151 cm³/mol. The summed E-state index contributed by atoms with van der Waals surface area (Å²) in [5, 5.41) is 104. The van der Waals surface area contributed by atoms with Gasteiger partial charge in [0.25, 0.3) is 0 Å². The monoisotopic (exact) mass is 655 g/mol. The van der Waals surface area contributed by atoms with Gasteiger partial charge in [-0.15, -0.1) is 0 Å². The fraction of sp³-hybridized carbons (Fsp3) is 0.483. The van der Waals surface area contributed by atoms with E-state index >= 15 is 0 Å². The van der Waals surface area contributed by atoms with E-state index in [4.69, 9.17) is 32.8 Å². The average molecular weight is 656 g/mol. The van der Waals surface area contributed by atoms with E-state index in [9.17, 15) is 51.1 Å². The quantitative estimate of drug-likeness (QED) is 0.129. The number of rotatable bonds is 8. The molecule has 2 aromatic carbocycles. The average Bonchev–Trinajstić information content (AvgIpc) is 3.03. The van der Waals surface area contributed by atoms with E-state index in [1.165, 1.54) is 38.5 Å². The van der Waals surface area contributed by atoms with Crippen LogP contribution in [0.4, 0.5) is 0 Å². The van der Waals surface area contributed by atoms with E-state index < -0.39 is 73.5 Å². The maximum atomic E-state index is 10.9. The number of phenols is 3. The summed E-state index contributed by atoms with van der Waals surface area (Å²) in [6, 6.07) is 6.19. The van der Waals surface area contributed by atoms with E-state index in [0.717, 1.165) is 13.0 Å². The van der Waals surface area contributed by atoms with Crippen molar-refractivity contribution < 1.29 is 83.9 Å². The van der Waals surface area contributed by atoms with Gasteiger partial charge in [-0.05, 0) is 6.92 Å². The summed E-state index contributed by atoms with van der Waals surface area (Å²) in [6.07, 6.45) is -16.5. The second-order valence-corrected chi connectivity index (χ2v) is 10.9. The Morgan fingerprint density at radius 2 is 1.41 bits per heavy atom. The fourth-order valence-electron chi connectivity index (χ4n) is 5.24. The highest BCUT2D eigenvalue weighted by Gasteiger charge is 2.56. The van der Waals surface area contributed by atoms with Crippen molar-refractivity contribution in [1.29, 1.82) is 0 Å². The first-order valence-corrected chi connectivity index (χ1v) is 13.9. The van der Waals surface area contributed by atoms with E-state index in [0.29, 0.717) is 0 Å². The van der Waals surface area contributed by atoms with Gasteiger partial charge in [0.1, 0.15) is 59.6 Å². The van der Waals surface area contributed by atoms with Crippen LogP contribution >= 0.6 is 0 Å². The lowest BCUT2D eigenvalue weighted by Gasteiger charge is -2.49. The number of ether oxygens (including phenoxy) is 6. The molecule has 2 aliphatic rings. The van der Waals surface area contributed by atoms with Gasteiger partial charge in [0, 0.05) is 24.3 Å². The Hall–Kier alpha value is -3.75. The molecule has 3 heterocycles. The molecular formula is C29H35O17+. The number of benzene rings is 2. The van der Waals surface area contributed by atoms with Gasteiger partial charge in [-0.1, -0.05) is 0 Å². The lowest BCUT2D eigenvalue weighted by molar-refractivity contribution is -0.431. The Kier molecular flexibility index (Phi) is 9.35. The van der Waals surface area contributed by atoms with Crippen LogP contribution < -0.4 is 14.2 Å². The van der Waals surface area contributed by atoms with E-state index in [1.807, 2.05) is 0 Å². The van der Waals surface area contributed by atoms with Crippen LogP contribution in [0.1, 0.15) is 6.92 Å². The summed E-state index contributed by atoms with van der Waals surface area (Å²) in [4.78, 5) is 0. The smallest absolute Gasteiger partial charge is 0.402 e. The van der Waals surface area contributed by atoms with E-state index in [2.05, 4.69) is 0 Å². The molecule has 2 aliphatic heterocycles. The van der Waals surface area contributed by atoms with Gasteiger partial charge < -0.3 is 79.5 Å². The second kappa shape index (κ2) is 12.8. The van der Waals surface area contributed by atoms with Crippen molar-refractivity contribution >= 4 is 11.0 Å². The van der Waals surface area contributed by atoms with Crippen molar-refractivity contribution in [2.45, 2.75) is 68.0 Å². The third kappa shape index (κ3) is 5.93. The summed E-state index contributed by atoms with van der Waals surface area (Å²) >= 11 is 0. The van der Waals surface area contributed by atoms with Crippen LogP contribution in [0, 0.1) is 0 Å². The molecule has 2 unspecified atom stereocenters. The van der Waals surface area contributed by atoms with Crippen molar-refractivity contribution in [1.82, 2.24) is 0 Å². The molecule has 2 saturated heterocycles. The number of aromatic hydroxyl groups is 3. The van der Waals surface area contributed by atoms with Crippen molar-refractivity contribution in [3.8, 4) is 45.8 Å². The number of phenolic OH excluding ortho intramolecular Hbond substituents is 3. The van der Waals surface area contributed by atoms with Crippen LogP contribution in [0.2, 0.25) is 0 Å². The first-order chi connectivity index (χ1) is 21.7. The summed E-state index contributed by atoms with van der Waals surface area (Å²) in [5.41, 5.74) is 0.139. The predicted octanol–water partition coefficient (Wildman–Crippen LogP) is -1.13. The molecule has 5 rings (SSSR count). The Balaban J connectivity index is 1.56. The number of hydrogen-bond donors (Lipinski definition) is 10. The highest BCUT2D eigenvalue weighted by atomic mass is 16.8. The van der Waals surface area contributed by atoms with Crippen LogP contribution in [0.15, 0.2) is 34.7 Å². The number of aliphatic hydroxyl groups excluding tert-OH is 7. The summed E-state index contributed by atoms with van der Waals surface area (Å²) in [7, 11) is 2.58. The summed E-state index contributed by atoms with van der Waals surface area (Å²) in [5.74, 6) is -3.88. The summed E-state index contributed by atoms with van der Waals surface area (Å²) in [6.45, 7) is 0.338. The number of aliphatic hydroxyl groups is 7. The zero-order valence-electron chi connectivity index (χ0n) is 24.6. The molecule has 0 saturated carbocycles. The largest absolute Gasteiger partial charge is 0.507 e. The molecule has 1 aromatic heterocycles. The fourth-order valence-corrected chi connectivity index (χ4v) is 5.24. The molecular weight excluding hydrogens is 620 g/mol. The van der Waals surface area contributed by atoms with Gasteiger partial charge in [0.15, 0.2) is 17.8 Å². The zero-order chi connectivity index (χ0) is 33.7. The molecule has 0 bridgehead atoms. The van der Waals surface area contributed by atoms with Gasteiger partial charge in [0.2, 0.25) is 23.6 Å². The third-order valence-electron chi connectivity index (χ3n) is 7.84. The summed E-state index contributed by atoms with van der Waals surface area (Å²) < 4.78 is 39.2. The molecule has 46 heavy (non-hydrogen) atoms. The minimum Gasteiger partial charge on any atom is -0.507 e. The number of hydrogen-bond acceptors (Lipinski definition) is 16. The minimum absolute atomic E-state index is 0.0257. The molecule has 0 aliphatic carbocycles. The van der Waals surface area contributed by atoms with Gasteiger partial charge in [-0.25, -0.2) is 4.42 Å². The van der Waals surface area contributed by atoms with Crippen LogP contribution in [0.5, 0.6) is 34.5 Å². The molecule has 17 nitrogen and oxygen atoms in total. The zero-order valence-corrected chi connectivity index (χ0v) is 24.6. The lowest BCUT2D eigenvalue weighted by atomic mass is 9.95. The Morgan fingerprint density at radius 1 is 0.783 bits per heavy atom. The Bertz CT molecular complexity index is 1540. The highest BCUT2D eigenvalue weighted by Crippen LogP contribution is 2.46. The van der Waals surface area contributed by atoms with Gasteiger partial charge >= 0.3 is 11.3 Å². The third-order valence-corrected chi connectivity index (χ3v) is 7.84. The van der Waals surface area contributed by atoms with Crippen molar-refractivity contribution in [2.24, 2.45) is 0 Å². The van der Waals surface area contributed by atoms with Crippen LogP contribution in [0.3, 0.4) is 0 Å². The Morgan fingerprint density at radius 3 is 2.02 bits per heavy atom. The van der Waals surface area contributed by atoms with Crippen molar-refractivity contribution in [2.75, 3.05) is 20.8 Å². The molecule has 252 valence electrons. The molecule has 10 N–H and O–H groups in total. The normalized spacial score (nSPS) is 33.1. The van der Waals surface area contributed by atoms with Crippen LogP contribution in [0.25, 0.3) is 22.3 Å². The number of methoxy groups -OCH3 is 2. The maximum absolute atomic E-state index is 10.9. The molecule has 3 aromatic rings. The maximum Gasteiger partial charge on any atom is 0.402 e. The first kappa shape index (κ1) is 33.6. The second-order valence-electron chi connectivity index (χ2n) is 10.9. The molecule has 0 spiro atoms. The number of fused-ring (bicyclic) bond motifs is 1. The van der Waals surface area contributed by atoms with Gasteiger partial charge in [-0.2, -0.15) is 0 Å². The van der Waals surface area contributed by atoms with Crippen molar-refractivity contribution in [3.63, 3.8) is 0 Å². The Labute approximate surface area is 260 Å². The molecule has 10 atom stereocenters. The lowest BCUT2D eigenvalue weighted by Crippen LogP contribution is -2.68. The van der Waals surface area contributed by atoms with Crippen LogP contribution in [-0.4, -0.2) is 133 Å². The highest BCUT2D eigenvalue weighted by molar-refractivity contribution is 5.88. The van der Waals surface area contributed by atoms with Crippen LogP contribution in [-0.2, 0) is 14.2 Å². The van der Waals surface area contributed by atoms with E-state index in [1.54, 1.807) is 0 Å². The first-order valence-electron chi connectivity index (χ1n) is 13.9. The molecule has 0 radical (unpaired) electrons. The minimum atomic E-state index is -2.33. The van der Waals surface area contributed by atoms with Crippen molar-refractivity contribution in [3.05, 3.63) is 30.3 Å². The van der Waals surface area contributed by atoms with Gasteiger partial charge in [0.05, 0.1) is 32.5 Å². The molecule has 0 amide bonds. The molecule has 2 fully saturated rings. The molecule has 17 heteroatoms. The van der Waals surface area contributed by atoms with E-state index in [-0.39, 0.29) is 51.0 Å².